The zero-order valence-corrected chi connectivity index (χ0v) is 13.8. The topological polar surface area (TPSA) is 90.5 Å². The Kier molecular flexibility index (Phi) is 3.72. The van der Waals surface area contributed by atoms with Gasteiger partial charge in [0.05, 0.1) is 11.7 Å². The zero-order valence-electron chi connectivity index (χ0n) is 13.8. The van der Waals surface area contributed by atoms with Gasteiger partial charge in [-0.1, -0.05) is 6.07 Å². The van der Waals surface area contributed by atoms with E-state index in [1.54, 1.807) is 36.3 Å². The molecule has 0 aliphatic carbocycles. The average molecular weight is 338 g/mol. The first-order valence-corrected chi connectivity index (χ1v) is 8.16. The van der Waals surface area contributed by atoms with E-state index in [4.69, 9.17) is 0 Å². The number of hydrogen-bond donors (Lipinski definition) is 2. The van der Waals surface area contributed by atoms with Gasteiger partial charge in [0.1, 0.15) is 11.5 Å². The van der Waals surface area contributed by atoms with E-state index in [-0.39, 0.29) is 18.0 Å². The second-order valence-electron chi connectivity index (χ2n) is 6.02. The summed E-state index contributed by atoms with van der Waals surface area (Å²) in [5.74, 6) is 0.723. The minimum atomic E-state index is -0.284. The van der Waals surface area contributed by atoms with Crippen LogP contribution in [0.2, 0.25) is 0 Å². The first-order valence-electron chi connectivity index (χ1n) is 8.16. The van der Waals surface area contributed by atoms with Crippen LogP contribution in [0.3, 0.4) is 0 Å². The molecule has 2 N–H and O–H groups in total. The van der Waals surface area contributed by atoms with Crippen LogP contribution in [0.1, 0.15) is 16.9 Å². The molecule has 25 heavy (non-hydrogen) atoms. The third-order valence-electron chi connectivity index (χ3n) is 4.53. The summed E-state index contributed by atoms with van der Waals surface area (Å²) in [5.41, 5.74) is 1.16. The van der Waals surface area contributed by atoms with Gasteiger partial charge in [0.2, 0.25) is 0 Å². The van der Waals surface area contributed by atoms with Crippen molar-refractivity contribution in [2.24, 2.45) is 0 Å². The third kappa shape index (κ3) is 2.65. The van der Waals surface area contributed by atoms with Crippen LogP contribution in [0.4, 0.5) is 22.1 Å². The molecular formula is C17H18N6O2. The van der Waals surface area contributed by atoms with E-state index in [0.29, 0.717) is 17.3 Å². The second-order valence-corrected chi connectivity index (χ2v) is 6.02. The van der Waals surface area contributed by atoms with Gasteiger partial charge in [-0.15, -0.1) is 0 Å². The number of rotatable bonds is 2. The van der Waals surface area contributed by atoms with Crippen LogP contribution in [-0.4, -0.2) is 48.1 Å². The molecule has 0 saturated carbocycles. The highest BCUT2D eigenvalue weighted by Gasteiger charge is 2.40. The average Bonchev–Trinajstić information content (AvgIpc) is 3.06. The number of hydrogen-bond acceptors (Lipinski definition) is 5. The van der Waals surface area contributed by atoms with Gasteiger partial charge >= 0.3 is 6.03 Å². The van der Waals surface area contributed by atoms with Crippen LogP contribution < -0.4 is 20.4 Å². The van der Waals surface area contributed by atoms with Gasteiger partial charge in [0.15, 0.2) is 5.82 Å². The summed E-state index contributed by atoms with van der Waals surface area (Å²) in [6.07, 6.45) is 2.49. The van der Waals surface area contributed by atoms with Crippen molar-refractivity contribution >= 4 is 29.3 Å². The van der Waals surface area contributed by atoms with Crippen LogP contribution in [-0.2, 0) is 0 Å². The summed E-state index contributed by atoms with van der Waals surface area (Å²) in [5, 5.41) is 5.38. The first kappa shape index (κ1) is 15.4. The van der Waals surface area contributed by atoms with Gasteiger partial charge in [0.25, 0.3) is 5.91 Å². The van der Waals surface area contributed by atoms with Crippen LogP contribution in [0.15, 0.2) is 36.5 Å². The molecule has 4 rings (SSSR count). The molecule has 0 radical (unpaired) electrons. The highest BCUT2D eigenvalue weighted by atomic mass is 16.2. The van der Waals surface area contributed by atoms with Gasteiger partial charge in [-0.25, -0.2) is 14.8 Å². The van der Waals surface area contributed by atoms with Crippen molar-refractivity contribution in [2.75, 3.05) is 35.3 Å². The lowest BCUT2D eigenvalue weighted by Crippen LogP contribution is -2.48. The molecule has 2 bridgehead atoms. The molecule has 2 aromatic heterocycles. The maximum atomic E-state index is 12.9. The number of fused-ring (bicyclic) bond motifs is 4. The number of urea groups is 1. The largest absolute Gasteiger partial charge is 0.366 e. The molecule has 1 saturated heterocycles. The van der Waals surface area contributed by atoms with Crippen molar-refractivity contribution in [1.82, 2.24) is 15.3 Å². The molecular weight excluding hydrogens is 320 g/mol. The van der Waals surface area contributed by atoms with Gasteiger partial charge in [0, 0.05) is 26.3 Å². The zero-order chi connectivity index (χ0) is 17.4. The maximum absolute atomic E-state index is 12.9. The third-order valence-corrected chi connectivity index (χ3v) is 4.53. The lowest BCUT2D eigenvalue weighted by atomic mass is 10.1. The van der Waals surface area contributed by atoms with Crippen LogP contribution in [0.5, 0.6) is 0 Å². The molecule has 2 aliphatic heterocycles. The first-order chi connectivity index (χ1) is 12.2. The normalized spacial score (nSPS) is 17.9. The molecule has 0 aromatic carbocycles. The molecule has 1 unspecified atom stereocenters. The maximum Gasteiger partial charge on any atom is 0.329 e. The van der Waals surface area contributed by atoms with Crippen molar-refractivity contribution < 1.29 is 9.59 Å². The van der Waals surface area contributed by atoms with Crippen LogP contribution in [0, 0.1) is 0 Å². The van der Waals surface area contributed by atoms with Gasteiger partial charge < -0.3 is 10.2 Å². The Bertz CT molecular complexity index is 825. The predicted molar refractivity (Wildman–Crippen MR) is 94.0 cm³/mol. The number of pyridine rings is 2. The summed E-state index contributed by atoms with van der Waals surface area (Å²) < 4.78 is 0. The molecule has 1 fully saturated rings. The number of nitrogens with zero attached hydrogens (tertiary/aromatic N) is 4. The molecule has 128 valence electrons. The van der Waals surface area contributed by atoms with Gasteiger partial charge in [-0.2, -0.15) is 0 Å². The Hall–Kier alpha value is -3.16. The Balaban J connectivity index is 1.71. The molecule has 2 aliphatic rings. The molecule has 4 heterocycles. The van der Waals surface area contributed by atoms with E-state index in [1.165, 1.54) is 0 Å². The molecule has 3 amide bonds. The van der Waals surface area contributed by atoms with E-state index >= 15 is 0 Å². The quantitative estimate of drug-likeness (QED) is 0.865. The number of anilines is 3. The van der Waals surface area contributed by atoms with Crippen molar-refractivity contribution in [2.45, 2.75) is 12.5 Å². The van der Waals surface area contributed by atoms with E-state index in [9.17, 15) is 9.59 Å². The minimum absolute atomic E-state index is 0.0312. The van der Waals surface area contributed by atoms with E-state index in [2.05, 4.69) is 25.5 Å². The van der Waals surface area contributed by atoms with E-state index in [0.717, 1.165) is 25.2 Å². The Labute approximate surface area is 144 Å². The van der Waals surface area contributed by atoms with Crippen molar-refractivity contribution in [3.63, 3.8) is 0 Å². The fourth-order valence-corrected chi connectivity index (χ4v) is 3.33. The molecule has 1 atom stereocenters. The Morgan fingerprint density at radius 3 is 2.88 bits per heavy atom. The smallest absolute Gasteiger partial charge is 0.329 e. The summed E-state index contributed by atoms with van der Waals surface area (Å²) >= 11 is 0. The van der Waals surface area contributed by atoms with Crippen molar-refractivity contribution in [1.29, 1.82) is 0 Å². The van der Waals surface area contributed by atoms with E-state index < -0.39 is 0 Å². The number of aromatic nitrogens is 2. The summed E-state index contributed by atoms with van der Waals surface area (Å²) in [6, 6.07) is 8.62. The lowest BCUT2D eigenvalue weighted by molar-refractivity contribution is 0.0958. The van der Waals surface area contributed by atoms with Crippen LogP contribution >= 0.6 is 0 Å². The molecule has 0 spiro atoms. The second kappa shape index (κ2) is 6.04. The van der Waals surface area contributed by atoms with Gasteiger partial charge in [-0.3, -0.25) is 15.0 Å². The molecule has 8 nitrogen and oxygen atoms in total. The summed E-state index contributed by atoms with van der Waals surface area (Å²) in [6.45, 7) is 1.63. The molecule has 8 heteroatoms. The molecule has 2 aromatic rings. The highest BCUT2D eigenvalue weighted by molar-refractivity contribution is 6.04. The van der Waals surface area contributed by atoms with Crippen LogP contribution in [0.25, 0.3) is 0 Å². The SMILES string of the molecule is CNC(=O)c1ccc2c(n1)N(C(=O)Nc1ccccn1)C1CCN2C1. The number of amides is 3. The lowest BCUT2D eigenvalue weighted by Gasteiger charge is -2.35. The number of carbonyl (C=O) groups is 2. The Morgan fingerprint density at radius 1 is 1.24 bits per heavy atom. The number of nitrogens with one attached hydrogen (secondary N) is 2. The van der Waals surface area contributed by atoms with Gasteiger partial charge in [-0.05, 0) is 30.7 Å². The van der Waals surface area contributed by atoms with Crippen molar-refractivity contribution in [3.8, 4) is 0 Å². The van der Waals surface area contributed by atoms with E-state index in [1.807, 2.05) is 12.1 Å². The highest BCUT2D eigenvalue weighted by Crippen LogP contribution is 2.39. The minimum Gasteiger partial charge on any atom is -0.366 e. The van der Waals surface area contributed by atoms with Crippen molar-refractivity contribution in [3.05, 3.63) is 42.2 Å². The number of carbonyl (C=O) groups excluding carboxylic acids is 2. The monoisotopic (exact) mass is 338 g/mol. The standard InChI is InChI=1S/C17H18N6O2/c1-18-16(24)12-5-6-13-15(20-12)23(11-7-9-22(13)10-11)17(25)21-14-4-2-3-8-19-14/h2-6,8,11H,7,9-10H2,1H3,(H,18,24)(H,19,21,25). The summed E-state index contributed by atoms with van der Waals surface area (Å²) in [4.78, 5) is 37.3. The fourth-order valence-electron chi connectivity index (χ4n) is 3.33. The Morgan fingerprint density at radius 2 is 2.12 bits per heavy atom. The fraction of sp³-hybridized carbons (Fsp3) is 0.294. The summed E-state index contributed by atoms with van der Waals surface area (Å²) in [7, 11) is 1.56. The predicted octanol–water partition coefficient (Wildman–Crippen LogP) is 1.47.